The van der Waals surface area contributed by atoms with Crippen molar-refractivity contribution in [1.82, 2.24) is 20.2 Å². The number of ether oxygens (including phenoxy) is 1. The second-order valence-electron chi connectivity index (χ2n) is 7.19. The van der Waals surface area contributed by atoms with E-state index < -0.39 is 23.8 Å². The van der Waals surface area contributed by atoms with Crippen molar-refractivity contribution in [3.8, 4) is 0 Å². The first kappa shape index (κ1) is 21.0. The second kappa shape index (κ2) is 9.30. The van der Waals surface area contributed by atoms with Crippen LogP contribution in [0, 0.1) is 5.92 Å². The lowest BCUT2D eigenvalue weighted by atomic mass is 9.91. The first-order valence-electron chi connectivity index (χ1n) is 10.1. The van der Waals surface area contributed by atoms with Crippen molar-refractivity contribution in [2.75, 3.05) is 37.7 Å². The Morgan fingerprint density at radius 2 is 1.87 bits per heavy atom. The number of anilines is 1. The number of hydrogen-bond acceptors (Lipinski definition) is 8. The lowest BCUT2D eigenvalue weighted by molar-refractivity contribution is -0.153. The Kier molecular flexibility index (Phi) is 6.31. The van der Waals surface area contributed by atoms with Crippen molar-refractivity contribution < 1.29 is 14.3 Å². The number of carbonyl (C=O) groups is 2. The minimum Gasteiger partial charge on any atom is -0.465 e. The van der Waals surface area contributed by atoms with E-state index in [1.807, 2.05) is 11.0 Å². The molecule has 2 aliphatic rings. The van der Waals surface area contributed by atoms with Crippen molar-refractivity contribution in [3.63, 3.8) is 0 Å². The summed E-state index contributed by atoms with van der Waals surface area (Å²) in [4.78, 5) is 42.9. The molecule has 2 aliphatic heterocycles. The molecule has 31 heavy (non-hydrogen) atoms. The van der Waals surface area contributed by atoms with Crippen LogP contribution >= 0.6 is 11.6 Å². The molecule has 162 valence electrons. The third-order valence-electron chi connectivity index (χ3n) is 5.24. The zero-order chi connectivity index (χ0) is 21.8. The number of nitrogens with one attached hydrogen (secondary N) is 1. The van der Waals surface area contributed by atoms with Gasteiger partial charge in [0, 0.05) is 43.6 Å². The van der Waals surface area contributed by atoms with Crippen LogP contribution in [0.1, 0.15) is 18.5 Å². The van der Waals surface area contributed by atoms with Crippen molar-refractivity contribution in [1.29, 1.82) is 0 Å². The van der Waals surface area contributed by atoms with Crippen LogP contribution in [0.25, 0.3) is 0 Å². The molecule has 1 N–H and O–H groups in total. The van der Waals surface area contributed by atoms with Gasteiger partial charge in [0.1, 0.15) is 6.04 Å². The highest BCUT2D eigenvalue weighted by Crippen LogP contribution is 2.32. The van der Waals surface area contributed by atoms with Gasteiger partial charge in [0.05, 0.1) is 6.61 Å². The lowest BCUT2D eigenvalue weighted by Gasteiger charge is -2.38. The van der Waals surface area contributed by atoms with Gasteiger partial charge in [-0.05, 0) is 30.7 Å². The highest BCUT2D eigenvalue weighted by atomic mass is 35.5. The maximum absolute atomic E-state index is 12.9. The molecule has 1 amide bonds. The van der Waals surface area contributed by atoms with Crippen LogP contribution in [0.4, 0.5) is 5.95 Å². The zero-order valence-corrected chi connectivity index (χ0v) is 17.8. The summed E-state index contributed by atoms with van der Waals surface area (Å²) in [6.45, 7) is 4.51. The summed E-state index contributed by atoms with van der Waals surface area (Å²) in [6.07, 6.45) is 3.43. The number of carbonyl (C=O) groups excluding carboxylic acids is 2. The highest BCUT2D eigenvalue weighted by Gasteiger charge is 2.42. The quantitative estimate of drug-likeness (QED) is 0.567. The Balaban J connectivity index is 1.57. The Bertz CT molecular complexity index is 978. The predicted molar refractivity (Wildman–Crippen MR) is 116 cm³/mol. The van der Waals surface area contributed by atoms with Gasteiger partial charge in [-0.15, -0.1) is 0 Å². The van der Waals surface area contributed by atoms with Crippen molar-refractivity contribution in [3.05, 3.63) is 53.3 Å². The molecule has 1 aromatic heterocycles. The molecule has 4 rings (SSSR count). The van der Waals surface area contributed by atoms with Crippen molar-refractivity contribution in [2.24, 2.45) is 10.9 Å². The fourth-order valence-corrected chi connectivity index (χ4v) is 3.93. The Morgan fingerprint density at radius 3 is 2.55 bits per heavy atom. The standard InChI is InChI=1S/C21H23ClN6O3/c1-2-31-19(30)16-17(14-5-3-6-15(22)13-14)25-21(26-18(16)29)28-11-9-27(10-12-28)20-23-7-4-8-24-20/h3-8,13,16-17H,2,9-12H2,1H3,(H,25,26,29). The topological polar surface area (TPSA) is 100 Å². The van der Waals surface area contributed by atoms with E-state index in [0.717, 1.165) is 0 Å². The minimum atomic E-state index is -1.07. The molecule has 2 atom stereocenters. The summed E-state index contributed by atoms with van der Waals surface area (Å²) >= 11 is 6.16. The average molecular weight is 443 g/mol. The predicted octanol–water partition coefficient (Wildman–Crippen LogP) is 1.66. The number of benzene rings is 1. The Labute approximate surface area is 185 Å². The van der Waals surface area contributed by atoms with E-state index in [-0.39, 0.29) is 6.61 Å². The van der Waals surface area contributed by atoms with Crippen LogP contribution in [-0.2, 0) is 14.3 Å². The first-order valence-corrected chi connectivity index (χ1v) is 10.5. The summed E-state index contributed by atoms with van der Waals surface area (Å²) in [5.74, 6) is -0.970. The van der Waals surface area contributed by atoms with E-state index in [2.05, 4.69) is 20.2 Å². The van der Waals surface area contributed by atoms with E-state index in [9.17, 15) is 9.59 Å². The minimum absolute atomic E-state index is 0.185. The average Bonchev–Trinajstić information content (AvgIpc) is 2.79. The molecule has 2 aromatic rings. The SMILES string of the molecule is CCOC(=O)C1C(=O)NC(N2CCN(c3ncccn3)CC2)=NC1c1cccc(Cl)c1. The molecule has 2 unspecified atom stereocenters. The summed E-state index contributed by atoms with van der Waals surface area (Å²) in [6, 6.07) is 8.12. The highest BCUT2D eigenvalue weighted by molar-refractivity contribution is 6.30. The molecular formula is C21H23ClN6O3. The number of halogens is 1. The molecule has 9 nitrogen and oxygen atoms in total. The fourth-order valence-electron chi connectivity index (χ4n) is 3.73. The molecule has 0 saturated carbocycles. The van der Waals surface area contributed by atoms with E-state index in [1.54, 1.807) is 43.6 Å². The number of aromatic nitrogens is 2. The van der Waals surface area contributed by atoms with Gasteiger partial charge in [0.25, 0.3) is 0 Å². The largest absolute Gasteiger partial charge is 0.465 e. The Hall–Kier alpha value is -3.20. The molecule has 0 aliphatic carbocycles. The van der Waals surface area contributed by atoms with Gasteiger partial charge >= 0.3 is 5.97 Å². The number of nitrogens with zero attached hydrogens (tertiary/aromatic N) is 5. The number of amides is 1. The van der Waals surface area contributed by atoms with Crippen LogP contribution in [0.15, 0.2) is 47.7 Å². The van der Waals surface area contributed by atoms with Crippen LogP contribution in [0.2, 0.25) is 5.02 Å². The second-order valence-corrected chi connectivity index (χ2v) is 7.63. The van der Waals surface area contributed by atoms with Gasteiger partial charge in [0.15, 0.2) is 5.92 Å². The van der Waals surface area contributed by atoms with Crippen molar-refractivity contribution >= 4 is 35.4 Å². The van der Waals surface area contributed by atoms with Gasteiger partial charge in [0.2, 0.25) is 17.8 Å². The number of aliphatic imine (C=N–C) groups is 1. The van der Waals surface area contributed by atoms with Gasteiger partial charge in [-0.1, -0.05) is 23.7 Å². The molecule has 1 saturated heterocycles. The van der Waals surface area contributed by atoms with Gasteiger partial charge in [-0.3, -0.25) is 14.9 Å². The number of rotatable bonds is 4. The number of piperazine rings is 1. The fraction of sp³-hybridized carbons (Fsp3) is 0.381. The number of hydrogen-bond donors (Lipinski definition) is 1. The molecule has 1 fully saturated rings. The summed E-state index contributed by atoms with van der Waals surface area (Å²) in [5.41, 5.74) is 0.689. The molecule has 0 bridgehead atoms. The third-order valence-corrected chi connectivity index (χ3v) is 5.47. The molecule has 0 radical (unpaired) electrons. The van der Waals surface area contributed by atoms with E-state index in [4.69, 9.17) is 21.3 Å². The molecule has 1 aromatic carbocycles. The first-order chi connectivity index (χ1) is 15.1. The number of esters is 1. The molecule has 0 spiro atoms. The summed E-state index contributed by atoms with van der Waals surface area (Å²) in [7, 11) is 0. The smallest absolute Gasteiger partial charge is 0.321 e. The van der Waals surface area contributed by atoms with Crippen molar-refractivity contribution in [2.45, 2.75) is 13.0 Å². The summed E-state index contributed by atoms with van der Waals surface area (Å²) < 4.78 is 5.14. The maximum Gasteiger partial charge on any atom is 0.321 e. The summed E-state index contributed by atoms with van der Waals surface area (Å²) in [5, 5.41) is 3.31. The maximum atomic E-state index is 12.9. The van der Waals surface area contributed by atoms with E-state index >= 15 is 0 Å². The van der Waals surface area contributed by atoms with Crippen LogP contribution in [0.3, 0.4) is 0 Å². The van der Waals surface area contributed by atoms with Crippen LogP contribution < -0.4 is 10.2 Å². The van der Waals surface area contributed by atoms with Gasteiger partial charge in [-0.2, -0.15) is 0 Å². The van der Waals surface area contributed by atoms with Gasteiger partial charge in [-0.25, -0.2) is 15.0 Å². The molecular weight excluding hydrogens is 420 g/mol. The van der Waals surface area contributed by atoms with E-state index in [0.29, 0.717) is 48.7 Å². The Morgan fingerprint density at radius 1 is 1.16 bits per heavy atom. The van der Waals surface area contributed by atoms with Crippen LogP contribution in [0.5, 0.6) is 0 Å². The molecule has 3 heterocycles. The number of guanidine groups is 1. The lowest BCUT2D eigenvalue weighted by Crippen LogP contribution is -2.57. The normalized spacial score (nSPS) is 21.4. The monoisotopic (exact) mass is 442 g/mol. The van der Waals surface area contributed by atoms with Gasteiger partial charge < -0.3 is 14.5 Å². The van der Waals surface area contributed by atoms with E-state index in [1.165, 1.54) is 0 Å². The zero-order valence-electron chi connectivity index (χ0n) is 17.1. The van der Waals surface area contributed by atoms with Crippen LogP contribution in [-0.4, -0.2) is 65.5 Å². The third kappa shape index (κ3) is 4.61. The molecule has 10 heteroatoms.